The van der Waals surface area contributed by atoms with Crippen LogP contribution in [0.15, 0.2) is 41.5 Å². The number of halogens is 1. The molecule has 1 aromatic carbocycles. The number of aromatic nitrogens is 2. The van der Waals surface area contributed by atoms with Gasteiger partial charge in [-0.3, -0.25) is 14.4 Å². The van der Waals surface area contributed by atoms with E-state index in [1.807, 2.05) is 0 Å². The largest absolute Gasteiger partial charge is 0.325 e. The molecule has 25 heavy (non-hydrogen) atoms. The zero-order chi connectivity index (χ0) is 17.8. The number of nitrogens with one attached hydrogen (secondary N) is 3. The van der Waals surface area contributed by atoms with E-state index < -0.39 is 29.2 Å². The Morgan fingerprint density at radius 3 is 2.72 bits per heavy atom. The van der Waals surface area contributed by atoms with Crippen LogP contribution in [0.1, 0.15) is 10.5 Å². The molecule has 1 aromatic heterocycles. The highest BCUT2D eigenvalue weighted by atomic mass is 19.1. The van der Waals surface area contributed by atoms with E-state index >= 15 is 0 Å². The number of aromatic amines is 1. The van der Waals surface area contributed by atoms with Crippen LogP contribution in [0.3, 0.4) is 0 Å². The topological polar surface area (TPSA) is 107 Å². The molecule has 3 N–H and O–H groups in total. The maximum absolute atomic E-state index is 13.0. The van der Waals surface area contributed by atoms with E-state index in [2.05, 4.69) is 20.6 Å². The van der Waals surface area contributed by atoms with Gasteiger partial charge in [-0.1, -0.05) is 0 Å². The summed E-state index contributed by atoms with van der Waals surface area (Å²) in [6.07, 6.45) is 2.24. The first-order valence-electron chi connectivity index (χ1n) is 7.67. The van der Waals surface area contributed by atoms with Crippen LogP contribution in [0, 0.1) is 5.82 Å². The third kappa shape index (κ3) is 3.89. The number of benzene rings is 1. The highest BCUT2D eigenvalue weighted by molar-refractivity contribution is 6.00. The van der Waals surface area contributed by atoms with Gasteiger partial charge >= 0.3 is 0 Å². The van der Waals surface area contributed by atoms with Gasteiger partial charge in [-0.25, -0.2) is 9.37 Å². The molecular weight excluding hydrogens is 329 g/mol. The summed E-state index contributed by atoms with van der Waals surface area (Å²) < 4.78 is 13.0. The maximum Gasteiger partial charge on any atom is 0.274 e. The highest BCUT2D eigenvalue weighted by Gasteiger charge is 2.33. The number of piperazine rings is 1. The van der Waals surface area contributed by atoms with Crippen molar-refractivity contribution in [3.05, 3.63) is 58.5 Å². The zero-order valence-electron chi connectivity index (χ0n) is 13.2. The number of hydrogen-bond acceptors (Lipinski definition) is 5. The number of carbonyl (C=O) groups is 2. The first-order chi connectivity index (χ1) is 12.0. The molecule has 3 rings (SSSR count). The van der Waals surface area contributed by atoms with Crippen molar-refractivity contribution in [1.82, 2.24) is 20.2 Å². The van der Waals surface area contributed by atoms with Crippen molar-refractivity contribution in [2.45, 2.75) is 6.04 Å². The molecule has 2 aromatic rings. The van der Waals surface area contributed by atoms with Crippen LogP contribution in [0.25, 0.3) is 0 Å². The number of rotatable bonds is 3. The molecule has 1 atom stereocenters. The van der Waals surface area contributed by atoms with Crippen molar-refractivity contribution in [3.63, 3.8) is 0 Å². The summed E-state index contributed by atoms with van der Waals surface area (Å²) in [6, 6.07) is 4.61. The average molecular weight is 345 g/mol. The predicted octanol–water partition coefficient (Wildman–Crippen LogP) is -0.0383. The first kappa shape index (κ1) is 16.8. The second-order valence-electron chi connectivity index (χ2n) is 5.51. The maximum atomic E-state index is 13.0. The van der Waals surface area contributed by atoms with Crippen molar-refractivity contribution in [2.24, 2.45) is 0 Å². The van der Waals surface area contributed by atoms with E-state index in [0.717, 1.165) is 6.20 Å². The lowest BCUT2D eigenvalue weighted by molar-refractivity contribution is -0.121. The minimum atomic E-state index is -0.750. The monoisotopic (exact) mass is 345 g/mol. The van der Waals surface area contributed by atoms with Gasteiger partial charge in [0.2, 0.25) is 5.91 Å². The van der Waals surface area contributed by atoms with Crippen LogP contribution >= 0.6 is 0 Å². The fourth-order valence-electron chi connectivity index (χ4n) is 2.55. The Kier molecular flexibility index (Phi) is 4.85. The molecule has 2 amide bonds. The van der Waals surface area contributed by atoms with Gasteiger partial charge in [0, 0.05) is 31.5 Å². The van der Waals surface area contributed by atoms with E-state index in [0.29, 0.717) is 18.8 Å². The van der Waals surface area contributed by atoms with Crippen LogP contribution in [0.2, 0.25) is 0 Å². The number of amides is 2. The molecule has 1 aliphatic heterocycles. The fraction of sp³-hybridized carbons (Fsp3) is 0.250. The molecule has 2 heterocycles. The SMILES string of the molecule is O=C(Nc1ccc(F)cc1)[C@@H]1CNCCN1C(=O)c1c[nH]c(=O)cn1. The number of anilines is 1. The van der Waals surface area contributed by atoms with Crippen molar-refractivity contribution < 1.29 is 14.0 Å². The van der Waals surface area contributed by atoms with Gasteiger partial charge in [0.05, 0.1) is 6.20 Å². The molecule has 1 saturated heterocycles. The Hall–Kier alpha value is -3.07. The smallest absolute Gasteiger partial charge is 0.274 e. The molecule has 8 nitrogen and oxygen atoms in total. The van der Waals surface area contributed by atoms with E-state index in [4.69, 9.17) is 0 Å². The van der Waals surface area contributed by atoms with Gasteiger partial charge in [0.1, 0.15) is 17.6 Å². The van der Waals surface area contributed by atoms with Crippen LogP contribution in [0.5, 0.6) is 0 Å². The first-order valence-corrected chi connectivity index (χ1v) is 7.67. The van der Waals surface area contributed by atoms with Gasteiger partial charge in [-0.2, -0.15) is 0 Å². The lowest BCUT2D eigenvalue weighted by atomic mass is 10.1. The van der Waals surface area contributed by atoms with Gasteiger partial charge < -0.3 is 20.5 Å². The summed E-state index contributed by atoms with van der Waals surface area (Å²) >= 11 is 0. The summed E-state index contributed by atoms with van der Waals surface area (Å²) in [6.45, 7) is 1.14. The number of carbonyl (C=O) groups excluding carboxylic acids is 2. The van der Waals surface area contributed by atoms with Crippen LogP contribution in [0.4, 0.5) is 10.1 Å². The van der Waals surface area contributed by atoms with Crippen molar-refractivity contribution in [3.8, 4) is 0 Å². The van der Waals surface area contributed by atoms with E-state index in [1.54, 1.807) is 0 Å². The molecule has 0 aliphatic carbocycles. The van der Waals surface area contributed by atoms with E-state index in [-0.39, 0.29) is 12.2 Å². The minimum Gasteiger partial charge on any atom is -0.325 e. The Balaban J connectivity index is 1.76. The number of H-pyrrole nitrogens is 1. The Morgan fingerprint density at radius 1 is 1.28 bits per heavy atom. The van der Waals surface area contributed by atoms with Gasteiger partial charge in [0.25, 0.3) is 11.5 Å². The lowest BCUT2D eigenvalue weighted by Gasteiger charge is -2.34. The minimum absolute atomic E-state index is 0.0566. The average Bonchev–Trinajstić information content (AvgIpc) is 2.63. The Morgan fingerprint density at radius 2 is 2.04 bits per heavy atom. The van der Waals surface area contributed by atoms with Crippen molar-refractivity contribution in [2.75, 3.05) is 25.0 Å². The summed E-state index contributed by atoms with van der Waals surface area (Å²) in [4.78, 5) is 43.8. The third-order valence-electron chi connectivity index (χ3n) is 3.81. The predicted molar refractivity (Wildman–Crippen MR) is 87.6 cm³/mol. The normalized spacial score (nSPS) is 17.2. The van der Waals surface area contributed by atoms with Crippen molar-refractivity contribution >= 4 is 17.5 Å². The summed E-state index contributed by atoms with van der Waals surface area (Å²) in [5.41, 5.74) is 0.0788. The van der Waals surface area contributed by atoms with Crippen LogP contribution in [-0.4, -0.2) is 52.4 Å². The molecule has 1 fully saturated rings. The van der Waals surface area contributed by atoms with Crippen LogP contribution < -0.4 is 16.2 Å². The Bertz CT molecular complexity index is 816. The summed E-state index contributed by atoms with van der Waals surface area (Å²) in [7, 11) is 0. The molecule has 0 saturated carbocycles. The molecule has 0 bridgehead atoms. The standard InChI is InChI=1S/C16H16FN5O3/c17-10-1-3-11(4-2-10)21-15(24)13-8-18-5-6-22(13)16(25)12-7-20-14(23)9-19-12/h1-4,7,9,13,18H,5-6,8H2,(H,20,23)(H,21,24)/t13-/m0/s1. The highest BCUT2D eigenvalue weighted by Crippen LogP contribution is 2.13. The molecule has 9 heteroatoms. The second-order valence-corrected chi connectivity index (χ2v) is 5.51. The quantitative estimate of drug-likeness (QED) is 0.724. The lowest BCUT2D eigenvalue weighted by Crippen LogP contribution is -2.58. The molecule has 1 aliphatic rings. The Labute approximate surface area is 142 Å². The van der Waals surface area contributed by atoms with Crippen molar-refractivity contribution in [1.29, 1.82) is 0 Å². The van der Waals surface area contributed by atoms with E-state index in [9.17, 15) is 18.8 Å². The van der Waals surface area contributed by atoms with Gasteiger partial charge in [-0.15, -0.1) is 0 Å². The summed E-state index contributed by atoms with van der Waals surface area (Å²) in [5.74, 6) is -1.24. The zero-order valence-corrected chi connectivity index (χ0v) is 13.2. The van der Waals surface area contributed by atoms with E-state index in [1.165, 1.54) is 35.4 Å². The molecule has 0 radical (unpaired) electrons. The molecule has 0 unspecified atom stereocenters. The number of nitrogens with zero attached hydrogens (tertiary/aromatic N) is 2. The summed E-state index contributed by atoms with van der Waals surface area (Å²) in [5, 5.41) is 5.73. The molecule has 130 valence electrons. The van der Waals surface area contributed by atoms with Gasteiger partial charge in [0.15, 0.2) is 0 Å². The molecular formula is C16H16FN5O3. The second kappa shape index (κ2) is 7.22. The van der Waals surface area contributed by atoms with Gasteiger partial charge in [-0.05, 0) is 24.3 Å². The van der Waals surface area contributed by atoms with Crippen LogP contribution in [-0.2, 0) is 4.79 Å². The number of hydrogen-bond donors (Lipinski definition) is 3. The molecule has 0 spiro atoms. The fourth-order valence-corrected chi connectivity index (χ4v) is 2.55. The third-order valence-corrected chi connectivity index (χ3v) is 3.81.